The van der Waals surface area contributed by atoms with Crippen LogP contribution < -0.4 is 15.4 Å². The molecule has 3 nitrogen and oxygen atoms in total. The molecule has 0 bridgehead atoms. The van der Waals surface area contributed by atoms with Crippen molar-refractivity contribution in [1.82, 2.24) is 10.6 Å². The lowest BCUT2D eigenvalue weighted by atomic mass is 9.91. The molecule has 2 aromatic carbocycles. The van der Waals surface area contributed by atoms with Crippen LogP contribution in [0.3, 0.4) is 0 Å². The summed E-state index contributed by atoms with van der Waals surface area (Å²) in [6.07, 6.45) is 2.41. The molecule has 23 heavy (non-hydrogen) atoms. The lowest BCUT2D eigenvalue weighted by molar-refractivity contribution is 0.302. The van der Waals surface area contributed by atoms with Gasteiger partial charge >= 0.3 is 0 Å². The molecule has 0 radical (unpaired) electrons. The van der Waals surface area contributed by atoms with Gasteiger partial charge in [0.05, 0.1) is 7.11 Å². The quantitative estimate of drug-likeness (QED) is 0.885. The first-order chi connectivity index (χ1) is 11.3. The monoisotopic (exact) mass is 310 g/mol. The first kappa shape index (κ1) is 16.0. The minimum absolute atomic E-state index is 0.373. The van der Waals surface area contributed by atoms with Crippen LogP contribution in [-0.4, -0.2) is 19.7 Å². The molecule has 0 unspecified atom stereocenters. The van der Waals surface area contributed by atoms with Crippen molar-refractivity contribution >= 4 is 0 Å². The van der Waals surface area contributed by atoms with Crippen molar-refractivity contribution in [3.05, 3.63) is 65.2 Å². The number of benzene rings is 2. The van der Waals surface area contributed by atoms with Crippen molar-refractivity contribution in [3.63, 3.8) is 0 Å². The van der Waals surface area contributed by atoms with Crippen molar-refractivity contribution in [3.8, 4) is 5.75 Å². The third-order valence-electron chi connectivity index (χ3n) is 4.61. The number of hydrogen-bond acceptors (Lipinski definition) is 3. The molecule has 0 spiro atoms. The fourth-order valence-corrected chi connectivity index (χ4v) is 3.41. The average Bonchev–Trinajstić information content (AvgIpc) is 2.60. The Morgan fingerprint density at radius 2 is 2.04 bits per heavy atom. The molecule has 2 atom stereocenters. The Morgan fingerprint density at radius 3 is 2.87 bits per heavy atom. The van der Waals surface area contributed by atoms with E-state index in [0.29, 0.717) is 12.1 Å². The van der Waals surface area contributed by atoms with Gasteiger partial charge in [-0.05, 0) is 37.9 Å². The summed E-state index contributed by atoms with van der Waals surface area (Å²) in [6, 6.07) is 17.9. The largest absolute Gasteiger partial charge is 0.496 e. The fraction of sp³-hybridized carbons (Fsp3) is 0.400. The molecule has 2 N–H and O–H groups in total. The number of hydrogen-bond donors (Lipinski definition) is 2. The van der Waals surface area contributed by atoms with Crippen LogP contribution >= 0.6 is 0 Å². The highest BCUT2D eigenvalue weighted by Gasteiger charge is 2.25. The Labute approximate surface area is 139 Å². The summed E-state index contributed by atoms with van der Waals surface area (Å²) in [5, 5.41) is 7.42. The van der Waals surface area contributed by atoms with Gasteiger partial charge in [-0.1, -0.05) is 48.0 Å². The molecule has 1 aliphatic rings. The smallest absolute Gasteiger partial charge is 0.123 e. The van der Waals surface area contributed by atoms with Crippen LogP contribution in [0.15, 0.2) is 48.5 Å². The van der Waals surface area contributed by atoms with E-state index in [9.17, 15) is 0 Å². The lowest BCUT2D eigenvalue weighted by Crippen LogP contribution is -2.45. The second-order valence-electron chi connectivity index (χ2n) is 6.29. The molecule has 0 aliphatic carbocycles. The van der Waals surface area contributed by atoms with E-state index in [4.69, 9.17) is 4.74 Å². The van der Waals surface area contributed by atoms with Gasteiger partial charge in [-0.2, -0.15) is 0 Å². The van der Waals surface area contributed by atoms with Gasteiger partial charge in [0.1, 0.15) is 5.75 Å². The van der Waals surface area contributed by atoms with E-state index in [0.717, 1.165) is 18.8 Å². The molecule has 1 saturated heterocycles. The van der Waals surface area contributed by atoms with Gasteiger partial charge in [-0.15, -0.1) is 0 Å². The second-order valence-corrected chi connectivity index (χ2v) is 6.29. The normalized spacial score (nSPS) is 21.1. The third kappa shape index (κ3) is 3.92. The standard InChI is InChI=1S/C20H26N2O/c1-15-7-5-9-16(13-15)20-18(10-6-12-21-20)22-14-17-8-3-4-11-19(17)23-2/h3-5,7-9,11,13,18,20-22H,6,10,12,14H2,1-2H3/t18-,20-/m1/s1. The molecule has 0 aromatic heterocycles. The number of nitrogens with one attached hydrogen (secondary N) is 2. The zero-order valence-corrected chi connectivity index (χ0v) is 14.0. The van der Waals surface area contributed by atoms with Crippen molar-refractivity contribution in [1.29, 1.82) is 0 Å². The van der Waals surface area contributed by atoms with Crippen LogP contribution in [0.1, 0.15) is 35.6 Å². The molecule has 0 amide bonds. The second kappa shape index (κ2) is 7.62. The van der Waals surface area contributed by atoms with Crippen molar-refractivity contribution in [2.24, 2.45) is 0 Å². The summed E-state index contributed by atoms with van der Waals surface area (Å²) >= 11 is 0. The van der Waals surface area contributed by atoms with E-state index < -0.39 is 0 Å². The topological polar surface area (TPSA) is 33.3 Å². The summed E-state index contributed by atoms with van der Waals surface area (Å²) in [5.74, 6) is 0.955. The van der Waals surface area contributed by atoms with E-state index in [2.05, 4.69) is 54.0 Å². The van der Waals surface area contributed by atoms with Gasteiger partial charge in [0, 0.05) is 24.2 Å². The van der Waals surface area contributed by atoms with Gasteiger partial charge in [0.2, 0.25) is 0 Å². The van der Waals surface area contributed by atoms with E-state index in [1.54, 1.807) is 7.11 Å². The predicted octanol–water partition coefficient (Wildman–Crippen LogP) is 3.59. The first-order valence-electron chi connectivity index (χ1n) is 8.43. The van der Waals surface area contributed by atoms with Crippen LogP contribution in [0.4, 0.5) is 0 Å². The highest BCUT2D eigenvalue weighted by molar-refractivity contribution is 5.33. The first-order valence-corrected chi connectivity index (χ1v) is 8.43. The Morgan fingerprint density at radius 1 is 1.17 bits per heavy atom. The maximum atomic E-state index is 5.46. The van der Waals surface area contributed by atoms with E-state index in [1.807, 2.05) is 12.1 Å². The third-order valence-corrected chi connectivity index (χ3v) is 4.61. The Balaban J connectivity index is 1.72. The lowest BCUT2D eigenvalue weighted by Gasteiger charge is -2.34. The van der Waals surface area contributed by atoms with Gasteiger partial charge < -0.3 is 15.4 Å². The number of aryl methyl sites for hydroxylation is 1. The number of ether oxygens (including phenoxy) is 1. The van der Waals surface area contributed by atoms with E-state index >= 15 is 0 Å². The molecule has 3 heteroatoms. The Bertz CT molecular complexity index is 641. The molecule has 0 saturated carbocycles. The average molecular weight is 310 g/mol. The molecule has 1 fully saturated rings. The number of rotatable bonds is 5. The zero-order chi connectivity index (χ0) is 16.1. The molecule has 2 aromatic rings. The summed E-state index contributed by atoms with van der Waals surface area (Å²) in [5.41, 5.74) is 3.91. The maximum Gasteiger partial charge on any atom is 0.123 e. The fourth-order valence-electron chi connectivity index (χ4n) is 3.41. The number of piperidine rings is 1. The molecule has 122 valence electrons. The van der Waals surface area contributed by atoms with Crippen molar-refractivity contribution in [2.45, 2.75) is 38.4 Å². The van der Waals surface area contributed by atoms with Gasteiger partial charge in [-0.3, -0.25) is 0 Å². The highest BCUT2D eigenvalue weighted by atomic mass is 16.5. The minimum atomic E-state index is 0.373. The van der Waals surface area contributed by atoms with Crippen molar-refractivity contribution < 1.29 is 4.74 Å². The highest BCUT2D eigenvalue weighted by Crippen LogP contribution is 2.25. The molecule has 1 aliphatic heterocycles. The Hall–Kier alpha value is -1.84. The van der Waals surface area contributed by atoms with Gasteiger partial charge in [-0.25, -0.2) is 0 Å². The summed E-state index contributed by atoms with van der Waals surface area (Å²) < 4.78 is 5.46. The summed E-state index contributed by atoms with van der Waals surface area (Å²) in [7, 11) is 1.73. The Kier molecular flexibility index (Phi) is 5.31. The molecular weight excluding hydrogens is 284 g/mol. The van der Waals surface area contributed by atoms with Crippen molar-refractivity contribution in [2.75, 3.05) is 13.7 Å². The molecule has 1 heterocycles. The number of methoxy groups -OCH3 is 1. The van der Waals surface area contributed by atoms with E-state index in [1.165, 1.54) is 29.5 Å². The van der Waals surface area contributed by atoms with Gasteiger partial charge in [0.15, 0.2) is 0 Å². The van der Waals surface area contributed by atoms with Crippen LogP contribution in [0.2, 0.25) is 0 Å². The summed E-state index contributed by atoms with van der Waals surface area (Å²) in [4.78, 5) is 0. The number of para-hydroxylation sites is 1. The van der Waals surface area contributed by atoms with Crippen LogP contribution in [0.5, 0.6) is 5.75 Å². The van der Waals surface area contributed by atoms with Crippen LogP contribution in [0, 0.1) is 6.92 Å². The zero-order valence-electron chi connectivity index (χ0n) is 14.0. The minimum Gasteiger partial charge on any atom is -0.496 e. The van der Waals surface area contributed by atoms with E-state index in [-0.39, 0.29) is 0 Å². The predicted molar refractivity (Wildman–Crippen MR) is 94.8 cm³/mol. The molecular formula is C20H26N2O. The van der Waals surface area contributed by atoms with Crippen LogP contribution in [0.25, 0.3) is 0 Å². The SMILES string of the molecule is COc1ccccc1CN[C@@H]1CCCN[C@@H]1c1cccc(C)c1. The van der Waals surface area contributed by atoms with Crippen LogP contribution in [-0.2, 0) is 6.54 Å². The maximum absolute atomic E-state index is 5.46. The molecule has 3 rings (SSSR count). The van der Waals surface area contributed by atoms with Gasteiger partial charge in [0.25, 0.3) is 0 Å². The summed E-state index contributed by atoms with van der Waals surface area (Å²) in [6.45, 7) is 4.08.